The predicted molar refractivity (Wildman–Crippen MR) is 127 cm³/mol. The summed E-state index contributed by atoms with van der Waals surface area (Å²) in [6.45, 7) is 5.98. The highest BCUT2D eigenvalue weighted by molar-refractivity contribution is 5.95. The number of piperazine rings is 1. The minimum atomic E-state index is -0.330. The summed E-state index contributed by atoms with van der Waals surface area (Å²) in [5, 5.41) is 0. The van der Waals surface area contributed by atoms with Crippen LogP contribution in [0.3, 0.4) is 0 Å². The van der Waals surface area contributed by atoms with Gasteiger partial charge in [0.05, 0.1) is 20.1 Å². The van der Waals surface area contributed by atoms with Crippen LogP contribution in [0.25, 0.3) is 0 Å². The molecule has 0 unspecified atom stereocenters. The lowest BCUT2D eigenvalue weighted by molar-refractivity contribution is -0.137. The van der Waals surface area contributed by atoms with E-state index in [1.807, 2.05) is 59.2 Å². The van der Waals surface area contributed by atoms with E-state index in [0.717, 1.165) is 24.2 Å². The summed E-state index contributed by atoms with van der Waals surface area (Å²) in [6, 6.07) is 13.3. The van der Waals surface area contributed by atoms with Crippen LogP contribution in [0.5, 0.6) is 11.5 Å². The first-order chi connectivity index (χ1) is 15.9. The Balaban J connectivity index is 1.66. The van der Waals surface area contributed by atoms with Crippen LogP contribution in [0.15, 0.2) is 42.5 Å². The van der Waals surface area contributed by atoms with Crippen LogP contribution in [0.2, 0.25) is 0 Å². The van der Waals surface area contributed by atoms with Crippen LogP contribution >= 0.6 is 0 Å². The largest absolute Gasteiger partial charge is 0.497 e. The number of carbonyl (C=O) groups excluding carboxylic acids is 2. The minimum Gasteiger partial charge on any atom is -0.497 e. The van der Waals surface area contributed by atoms with Crippen molar-refractivity contribution in [3.63, 3.8) is 0 Å². The molecular weight excluding hydrogens is 418 g/mol. The molecule has 7 heteroatoms. The van der Waals surface area contributed by atoms with E-state index in [1.54, 1.807) is 14.2 Å². The molecule has 176 valence electrons. The third kappa shape index (κ3) is 4.83. The number of methoxy groups -OCH3 is 2. The first kappa shape index (κ1) is 23.1. The van der Waals surface area contributed by atoms with Gasteiger partial charge in [0.15, 0.2) is 0 Å². The zero-order chi connectivity index (χ0) is 23.5. The number of carbonyl (C=O) groups is 2. The number of rotatable bonds is 5. The number of aryl methyl sites for hydroxylation is 1. The summed E-state index contributed by atoms with van der Waals surface area (Å²) in [7, 11) is 5.33. The van der Waals surface area contributed by atoms with Crippen molar-refractivity contribution in [1.29, 1.82) is 0 Å². The normalized spacial score (nSPS) is 21.2. The molecule has 2 amide bonds. The van der Waals surface area contributed by atoms with E-state index in [2.05, 4.69) is 11.9 Å². The lowest BCUT2D eigenvalue weighted by Gasteiger charge is -2.35. The summed E-state index contributed by atoms with van der Waals surface area (Å²) < 4.78 is 11.1. The van der Waals surface area contributed by atoms with Gasteiger partial charge in [-0.2, -0.15) is 0 Å². The first-order valence-corrected chi connectivity index (χ1v) is 11.5. The third-order valence-corrected chi connectivity index (χ3v) is 6.87. The van der Waals surface area contributed by atoms with Crippen molar-refractivity contribution in [3.8, 4) is 11.5 Å². The Morgan fingerprint density at radius 3 is 2.21 bits per heavy atom. The molecule has 0 aromatic heterocycles. The van der Waals surface area contributed by atoms with E-state index in [1.165, 1.54) is 0 Å². The SMILES string of the molecule is COc1ccc(OC)c([C@@H]2CN(C(=O)c3ccc(C)cc3)C[C@H]2C(=O)N2CCN(C)CC2)c1. The van der Waals surface area contributed by atoms with Gasteiger partial charge in [0.2, 0.25) is 5.91 Å². The van der Waals surface area contributed by atoms with Crippen LogP contribution in [-0.2, 0) is 4.79 Å². The molecule has 0 radical (unpaired) electrons. The summed E-state index contributed by atoms with van der Waals surface area (Å²) in [5.74, 6) is 0.981. The second-order valence-electron chi connectivity index (χ2n) is 9.03. The number of nitrogens with zero attached hydrogens (tertiary/aromatic N) is 3. The molecule has 7 nitrogen and oxygen atoms in total. The number of amides is 2. The maximum Gasteiger partial charge on any atom is 0.253 e. The highest BCUT2D eigenvalue weighted by Gasteiger charge is 2.43. The van der Waals surface area contributed by atoms with Gasteiger partial charge in [0, 0.05) is 56.3 Å². The molecular formula is C26H33N3O4. The van der Waals surface area contributed by atoms with Crippen LogP contribution < -0.4 is 9.47 Å². The third-order valence-electron chi connectivity index (χ3n) is 6.87. The predicted octanol–water partition coefficient (Wildman–Crippen LogP) is 2.64. The van der Waals surface area contributed by atoms with Gasteiger partial charge in [-0.3, -0.25) is 9.59 Å². The monoisotopic (exact) mass is 451 g/mol. The number of benzene rings is 2. The average Bonchev–Trinajstić information content (AvgIpc) is 3.29. The highest BCUT2D eigenvalue weighted by atomic mass is 16.5. The quantitative estimate of drug-likeness (QED) is 0.700. The van der Waals surface area contributed by atoms with Crippen molar-refractivity contribution in [1.82, 2.24) is 14.7 Å². The van der Waals surface area contributed by atoms with Crippen molar-refractivity contribution in [2.75, 3.05) is 60.5 Å². The van der Waals surface area contributed by atoms with Gasteiger partial charge in [0.25, 0.3) is 5.91 Å². The molecule has 2 fully saturated rings. The van der Waals surface area contributed by atoms with E-state index < -0.39 is 0 Å². The number of ether oxygens (including phenoxy) is 2. The summed E-state index contributed by atoms with van der Waals surface area (Å²) >= 11 is 0. The first-order valence-electron chi connectivity index (χ1n) is 11.5. The Kier molecular flexibility index (Phi) is 6.88. The number of hydrogen-bond donors (Lipinski definition) is 0. The van der Waals surface area contributed by atoms with Crippen molar-refractivity contribution in [2.45, 2.75) is 12.8 Å². The fraction of sp³-hybridized carbons (Fsp3) is 0.462. The van der Waals surface area contributed by atoms with Gasteiger partial charge >= 0.3 is 0 Å². The van der Waals surface area contributed by atoms with E-state index in [0.29, 0.717) is 43.2 Å². The van der Waals surface area contributed by atoms with E-state index >= 15 is 0 Å². The molecule has 2 saturated heterocycles. The minimum absolute atomic E-state index is 0.0458. The lowest BCUT2D eigenvalue weighted by Crippen LogP contribution is -2.50. The van der Waals surface area contributed by atoms with Gasteiger partial charge in [0.1, 0.15) is 11.5 Å². The Labute approximate surface area is 195 Å². The van der Waals surface area contributed by atoms with Gasteiger partial charge in [-0.15, -0.1) is 0 Å². The maximum absolute atomic E-state index is 13.7. The topological polar surface area (TPSA) is 62.3 Å². The van der Waals surface area contributed by atoms with Gasteiger partial charge in [-0.1, -0.05) is 17.7 Å². The fourth-order valence-electron chi connectivity index (χ4n) is 4.80. The number of likely N-dealkylation sites (tertiary alicyclic amines) is 1. The Bertz CT molecular complexity index is 999. The Hall–Kier alpha value is -3.06. The summed E-state index contributed by atoms with van der Waals surface area (Å²) in [4.78, 5) is 33.0. The second kappa shape index (κ2) is 9.83. The smallest absolute Gasteiger partial charge is 0.253 e. The summed E-state index contributed by atoms with van der Waals surface area (Å²) in [5.41, 5.74) is 2.66. The molecule has 2 atom stereocenters. The van der Waals surface area contributed by atoms with Gasteiger partial charge in [-0.05, 0) is 44.3 Å². The van der Waals surface area contributed by atoms with Crippen molar-refractivity contribution in [3.05, 3.63) is 59.2 Å². The van der Waals surface area contributed by atoms with Crippen LogP contribution in [-0.4, -0.2) is 87.0 Å². The van der Waals surface area contributed by atoms with Crippen LogP contribution in [0.1, 0.15) is 27.4 Å². The van der Waals surface area contributed by atoms with Crippen molar-refractivity contribution in [2.24, 2.45) is 5.92 Å². The zero-order valence-electron chi connectivity index (χ0n) is 19.9. The zero-order valence-corrected chi connectivity index (χ0v) is 19.9. The second-order valence-corrected chi connectivity index (χ2v) is 9.03. The molecule has 2 aliphatic rings. The molecule has 2 aromatic carbocycles. The lowest BCUT2D eigenvalue weighted by atomic mass is 9.87. The van der Waals surface area contributed by atoms with Crippen LogP contribution in [0.4, 0.5) is 0 Å². The molecule has 2 aromatic rings. The maximum atomic E-state index is 13.7. The molecule has 0 N–H and O–H groups in total. The molecule has 4 rings (SSSR count). The van der Waals surface area contributed by atoms with Crippen molar-refractivity contribution < 1.29 is 19.1 Å². The number of hydrogen-bond acceptors (Lipinski definition) is 5. The molecule has 33 heavy (non-hydrogen) atoms. The number of likely N-dealkylation sites (N-methyl/N-ethyl adjacent to an activating group) is 1. The molecule has 0 bridgehead atoms. The van der Waals surface area contributed by atoms with Crippen LogP contribution in [0, 0.1) is 12.8 Å². The Morgan fingerprint density at radius 2 is 1.58 bits per heavy atom. The highest BCUT2D eigenvalue weighted by Crippen LogP contribution is 2.40. The Morgan fingerprint density at radius 1 is 0.879 bits per heavy atom. The molecule has 2 aliphatic heterocycles. The molecule has 0 spiro atoms. The van der Waals surface area contributed by atoms with E-state index in [4.69, 9.17) is 9.47 Å². The molecule has 2 heterocycles. The van der Waals surface area contributed by atoms with Gasteiger partial charge in [-0.25, -0.2) is 0 Å². The van der Waals surface area contributed by atoms with E-state index in [9.17, 15) is 9.59 Å². The standard InChI is InChI=1S/C26H33N3O4/c1-18-5-7-19(8-6-18)25(30)29-16-22(21-15-20(32-3)9-10-24(21)33-4)23(17-29)26(31)28-13-11-27(2)12-14-28/h5-10,15,22-23H,11-14,16-17H2,1-4H3/t22-,23+/m0/s1. The molecule has 0 saturated carbocycles. The van der Waals surface area contributed by atoms with Crippen molar-refractivity contribution >= 4 is 11.8 Å². The average molecular weight is 452 g/mol. The van der Waals surface area contributed by atoms with E-state index in [-0.39, 0.29) is 23.7 Å². The fourth-order valence-corrected chi connectivity index (χ4v) is 4.80. The summed E-state index contributed by atoms with van der Waals surface area (Å²) in [6.07, 6.45) is 0. The molecule has 0 aliphatic carbocycles. The van der Waals surface area contributed by atoms with Gasteiger partial charge < -0.3 is 24.2 Å².